The summed E-state index contributed by atoms with van der Waals surface area (Å²) >= 11 is 0. The standard InChI is InChI=1S/C26H32FN9O2/c1-26(2,25(28)37)36-9-7-34(8-10-36)15-19-30-21-23(31-19)32-22(33-24(21)35-11-13-38-14-12-35)20-16-5-6-29-18(16)4-3-17(20)27/h3-6,29H,7-15H2,1-2H3,(H2,28,37)(H,30,31,32,33). The predicted octanol–water partition coefficient (Wildman–Crippen LogP) is 1.86. The van der Waals surface area contributed by atoms with Gasteiger partial charge in [0.15, 0.2) is 22.8 Å². The number of nitrogens with two attached hydrogens (primary N) is 1. The molecule has 4 N–H and O–H groups in total. The summed E-state index contributed by atoms with van der Waals surface area (Å²) < 4.78 is 20.7. The molecule has 2 aliphatic rings. The number of amides is 1. The van der Waals surface area contributed by atoms with Crippen LogP contribution in [-0.4, -0.2) is 98.6 Å². The Morgan fingerprint density at radius 1 is 1.08 bits per heavy atom. The number of halogens is 1. The average molecular weight is 522 g/mol. The van der Waals surface area contributed by atoms with Gasteiger partial charge in [-0.25, -0.2) is 19.3 Å². The number of nitrogens with zero attached hydrogens (tertiary/aromatic N) is 6. The monoisotopic (exact) mass is 521 g/mol. The number of fused-ring (bicyclic) bond motifs is 2. The molecule has 11 nitrogen and oxygen atoms in total. The van der Waals surface area contributed by atoms with E-state index in [9.17, 15) is 4.79 Å². The summed E-state index contributed by atoms with van der Waals surface area (Å²) in [7, 11) is 0. The van der Waals surface area contributed by atoms with Crippen LogP contribution in [0.4, 0.5) is 10.2 Å². The lowest BCUT2D eigenvalue weighted by molar-refractivity contribution is -0.129. The van der Waals surface area contributed by atoms with Crippen LogP contribution in [0, 0.1) is 5.82 Å². The molecule has 38 heavy (non-hydrogen) atoms. The van der Waals surface area contributed by atoms with Crippen LogP contribution < -0.4 is 10.6 Å². The maximum atomic E-state index is 15.1. The van der Waals surface area contributed by atoms with E-state index >= 15 is 4.39 Å². The Balaban J connectivity index is 1.33. The molecule has 0 unspecified atom stereocenters. The second-order valence-electron chi connectivity index (χ2n) is 10.4. The van der Waals surface area contributed by atoms with E-state index in [4.69, 9.17) is 25.4 Å². The normalized spacial score (nSPS) is 18.0. The number of imidazole rings is 1. The lowest BCUT2D eigenvalue weighted by Gasteiger charge is -2.42. The van der Waals surface area contributed by atoms with E-state index in [0.29, 0.717) is 61.2 Å². The van der Waals surface area contributed by atoms with E-state index in [1.54, 1.807) is 12.3 Å². The fourth-order valence-electron chi connectivity index (χ4n) is 5.28. The van der Waals surface area contributed by atoms with E-state index in [0.717, 1.165) is 42.9 Å². The number of H-pyrrole nitrogens is 2. The number of nitrogens with one attached hydrogen (secondary N) is 2. The minimum atomic E-state index is -0.678. The van der Waals surface area contributed by atoms with Gasteiger partial charge in [-0.15, -0.1) is 0 Å². The average Bonchev–Trinajstić information content (AvgIpc) is 3.55. The zero-order valence-electron chi connectivity index (χ0n) is 21.6. The van der Waals surface area contributed by atoms with Crippen molar-refractivity contribution >= 4 is 33.8 Å². The van der Waals surface area contributed by atoms with Crippen molar-refractivity contribution in [3.63, 3.8) is 0 Å². The minimum absolute atomic E-state index is 0.319. The topological polar surface area (TPSA) is 132 Å². The number of primary amides is 1. The van der Waals surface area contributed by atoms with Crippen LogP contribution in [0.5, 0.6) is 0 Å². The molecular weight excluding hydrogens is 489 g/mol. The summed E-state index contributed by atoms with van der Waals surface area (Å²) in [6.07, 6.45) is 1.79. The van der Waals surface area contributed by atoms with Crippen LogP contribution in [-0.2, 0) is 16.1 Å². The Morgan fingerprint density at radius 2 is 1.84 bits per heavy atom. The minimum Gasteiger partial charge on any atom is -0.378 e. The molecule has 1 amide bonds. The van der Waals surface area contributed by atoms with Crippen molar-refractivity contribution in [2.45, 2.75) is 25.9 Å². The van der Waals surface area contributed by atoms with Gasteiger partial charge in [-0.1, -0.05) is 0 Å². The van der Waals surface area contributed by atoms with E-state index in [2.05, 4.69) is 24.7 Å². The molecule has 2 saturated heterocycles. The number of hydrogen-bond donors (Lipinski definition) is 3. The predicted molar refractivity (Wildman–Crippen MR) is 142 cm³/mol. The SMILES string of the molecule is CC(C)(C(N)=O)N1CCN(Cc2nc3c(N4CCOCC4)nc(-c4c(F)ccc5[nH]ccc45)nc3[nH]2)CC1. The zero-order chi connectivity index (χ0) is 26.4. The molecule has 0 spiro atoms. The molecule has 6 rings (SSSR count). The third kappa shape index (κ3) is 4.38. The van der Waals surface area contributed by atoms with Gasteiger partial charge in [0.2, 0.25) is 5.91 Å². The number of rotatable bonds is 6. The van der Waals surface area contributed by atoms with Crippen LogP contribution in [0.25, 0.3) is 33.5 Å². The van der Waals surface area contributed by atoms with Crippen molar-refractivity contribution in [1.82, 2.24) is 34.7 Å². The van der Waals surface area contributed by atoms with Crippen molar-refractivity contribution in [2.24, 2.45) is 5.73 Å². The molecule has 0 atom stereocenters. The van der Waals surface area contributed by atoms with Gasteiger partial charge in [0.05, 0.1) is 30.9 Å². The second-order valence-corrected chi connectivity index (χ2v) is 10.4. The van der Waals surface area contributed by atoms with Gasteiger partial charge in [0, 0.05) is 56.4 Å². The Hall–Kier alpha value is -3.61. The molecular formula is C26H32FN9O2. The Bertz CT molecular complexity index is 1480. The first-order valence-corrected chi connectivity index (χ1v) is 12.9. The van der Waals surface area contributed by atoms with Crippen LogP contribution in [0.1, 0.15) is 19.7 Å². The molecule has 0 bridgehead atoms. The molecule has 4 aromatic rings. The van der Waals surface area contributed by atoms with E-state index in [1.165, 1.54) is 6.07 Å². The quantitative estimate of drug-likeness (QED) is 0.350. The molecule has 3 aromatic heterocycles. The zero-order valence-corrected chi connectivity index (χ0v) is 21.6. The molecule has 5 heterocycles. The van der Waals surface area contributed by atoms with E-state index < -0.39 is 5.54 Å². The molecule has 0 radical (unpaired) electrons. The van der Waals surface area contributed by atoms with Gasteiger partial charge >= 0.3 is 0 Å². The van der Waals surface area contributed by atoms with Gasteiger partial charge in [-0.05, 0) is 32.0 Å². The summed E-state index contributed by atoms with van der Waals surface area (Å²) in [6.45, 7) is 9.87. The summed E-state index contributed by atoms with van der Waals surface area (Å²) in [5, 5.41) is 0.730. The smallest absolute Gasteiger partial charge is 0.237 e. The van der Waals surface area contributed by atoms with Crippen molar-refractivity contribution in [3.05, 3.63) is 36.0 Å². The summed E-state index contributed by atoms with van der Waals surface area (Å²) in [6, 6.07) is 5.00. The van der Waals surface area contributed by atoms with E-state index in [1.807, 2.05) is 19.9 Å². The largest absolute Gasteiger partial charge is 0.378 e. The maximum absolute atomic E-state index is 15.1. The highest BCUT2D eigenvalue weighted by Gasteiger charge is 2.35. The van der Waals surface area contributed by atoms with Crippen LogP contribution in [0.15, 0.2) is 24.4 Å². The van der Waals surface area contributed by atoms with Gasteiger partial charge in [0.25, 0.3) is 0 Å². The van der Waals surface area contributed by atoms with Crippen molar-refractivity contribution < 1.29 is 13.9 Å². The first kappa shape index (κ1) is 24.7. The van der Waals surface area contributed by atoms with Crippen LogP contribution in [0.2, 0.25) is 0 Å². The Morgan fingerprint density at radius 3 is 2.58 bits per heavy atom. The van der Waals surface area contributed by atoms with Gasteiger partial charge in [0.1, 0.15) is 11.6 Å². The first-order valence-electron chi connectivity index (χ1n) is 12.9. The van der Waals surface area contributed by atoms with Crippen molar-refractivity contribution in [2.75, 3.05) is 57.4 Å². The molecule has 0 aliphatic carbocycles. The highest BCUT2D eigenvalue weighted by molar-refractivity contribution is 5.95. The van der Waals surface area contributed by atoms with Gasteiger partial charge in [-0.3, -0.25) is 14.6 Å². The van der Waals surface area contributed by atoms with Crippen LogP contribution >= 0.6 is 0 Å². The third-order valence-electron chi connectivity index (χ3n) is 7.73. The molecule has 0 saturated carbocycles. The number of aromatic amines is 2. The Kier molecular flexibility index (Phi) is 6.25. The van der Waals surface area contributed by atoms with Gasteiger partial charge < -0.3 is 25.3 Å². The number of carbonyl (C=O) groups excluding carboxylic acids is 1. The lowest BCUT2D eigenvalue weighted by atomic mass is 10.0. The molecule has 2 fully saturated rings. The summed E-state index contributed by atoms with van der Waals surface area (Å²) in [5.74, 6) is 1.07. The second kappa shape index (κ2) is 9.61. The highest BCUT2D eigenvalue weighted by atomic mass is 19.1. The number of ether oxygens (including phenoxy) is 1. The summed E-state index contributed by atoms with van der Waals surface area (Å²) in [4.78, 5) is 39.4. The molecule has 12 heteroatoms. The third-order valence-corrected chi connectivity index (χ3v) is 7.73. The van der Waals surface area contributed by atoms with Crippen molar-refractivity contribution in [1.29, 1.82) is 0 Å². The fourth-order valence-corrected chi connectivity index (χ4v) is 5.28. The molecule has 200 valence electrons. The number of anilines is 1. The highest BCUT2D eigenvalue weighted by Crippen LogP contribution is 2.33. The lowest BCUT2D eigenvalue weighted by Crippen LogP contribution is -2.59. The molecule has 1 aromatic carbocycles. The van der Waals surface area contributed by atoms with Crippen molar-refractivity contribution in [3.8, 4) is 11.4 Å². The Labute approximate surface area is 219 Å². The fraction of sp³-hybridized carbons (Fsp3) is 0.462. The number of aromatic nitrogens is 5. The number of morpholine rings is 1. The van der Waals surface area contributed by atoms with Gasteiger partial charge in [-0.2, -0.15) is 0 Å². The maximum Gasteiger partial charge on any atom is 0.237 e. The summed E-state index contributed by atoms with van der Waals surface area (Å²) in [5.41, 5.74) is 7.36. The number of piperazine rings is 1. The number of benzene rings is 1. The number of carbonyl (C=O) groups is 1. The molecule has 2 aliphatic heterocycles. The van der Waals surface area contributed by atoms with Crippen LogP contribution in [0.3, 0.4) is 0 Å². The van der Waals surface area contributed by atoms with E-state index in [-0.39, 0.29) is 11.7 Å². The first-order chi connectivity index (χ1) is 18.3. The number of hydrogen-bond acceptors (Lipinski definition) is 8.